The maximum atomic E-state index is 13.4. The minimum Gasteiger partial charge on any atom is -0.366 e. The molecule has 0 spiro atoms. The number of rotatable bonds is 2. The molecule has 0 unspecified atom stereocenters. The third-order valence-corrected chi connectivity index (χ3v) is 4.12. The fourth-order valence-electron chi connectivity index (χ4n) is 2.37. The van der Waals surface area contributed by atoms with E-state index in [0.29, 0.717) is 0 Å². The van der Waals surface area contributed by atoms with Gasteiger partial charge in [0.25, 0.3) is 5.69 Å². The number of anilines is 1. The number of benzene rings is 1. The lowest BCUT2D eigenvalue weighted by Crippen LogP contribution is -2.39. The molecule has 0 atom stereocenters. The summed E-state index contributed by atoms with van der Waals surface area (Å²) in [5.41, 5.74) is -0.310. The lowest BCUT2D eigenvalue weighted by Gasteiger charge is -2.34. The lowest BCUT2D eigenvalue weighted by molar-refractivity contribution is -0.384. The van der Waals surface area contributed by atoms with Gasteiger partial charge in [-0.25, -0.2) is 4.39 Å². The maximum absolute atomic E-state index is 13.4. The number of halogens is 5. The Morgan fingerprint density at radius 2 is 1.86 bits per heavy atom. The Kier molecular flexibility index (Phi) is 4.40. The molecule has 0 radical (unpaired) electrons. The van der Waals surface area contributed by atoms with E-state index in [-0.39, 0.29) is 36.1 Å². The minimum atomic E-state index is -4.25. The molecular formula is C12H11BrF4N2O2. The monoisotopic (exact) mass is 370 g/mol. The molecule has 1 heterocycles. The lowest BCUT2D eigenvalue weighted by atomic mass is 9.96. The standard InChI is InChI=1S/C12H11BrF4N2O2/c13-8-5-10(11(19(20)21)6-9(8)14)18-3-1-7(2-4-18)12(15,16)17/h5-7H,1-4H2. The molecular weight excluding hydrogens is 360 g/mol. The van der Waals surface area contributed by atoms with E-state index in [1.165, 1.54) is 11.0 Å². The Hall–Kier alpha value is -1.38. The highest BCUT2D eigenvalue weighted by Gasteiger charge is 2.41. The van der Waals surface area contributed by atoms with Crippen molar-refractivity contribution in [3.8, 4) is 0 Å². The maximum Gasteiger partial charge on any atom is 0.391 e. The Labute approximate surface area is 126 Å². The van der Waals surface area contributed by atoms with Crippen LogP contribution in [0.5, 0.6) is 0 Å². The normalized spacial score (nSPS) is 17.1. The van der Waals surface area contributed by atoms with Crippen LogP contribution in [0.15, 0.2) is 16.6 Å². The second-order valence-electron chi connectivity index (χ2n) is 4.82. The summed E-state index contributed by atoms with van der Waals surface area (Å²) in [6, 6.07) is 2.01. The molecule has 1 fully saturated rings. The first-order valence-electron chi connectivity index (χ1n) is 6.15. The molecule has 0 aromatic heterocycles. The van der Waals surface area contributed by atoms with Crippen molar-refractivity contribution in [3.63, 3.8) is 0 Å². The van der Waals surface area contributed by atoms with Gasteiger partial charge in [0, 0.05) is 13.1 Å². The molecule has 0 N–H and O–H groups in total. The average molecular weight is 371 g/mol. The van der Waals surface area contributed by atoms with Crippen LogP contribution in [0, 0.1) is 21.8 Å². The topological polar surface area (TPSA) is 46.4 Å². The predicted molar refractivity (Wildman–Crippen MR) is 71.7 cm³/mol. The number of nitrogens with zero attached hydrogens (tertiary/aromatic N) is 2. The molecule has 116 valence electrons. The van der Waals surface area contributed by atoms with E-state index in [9.17, 15) is 27.7 Å². The molecule has 1 aliphatic heterocycles. The third kappa shape index (κ3) is 3.45. The van der Waals surface area contributed by atoms with Crippen LogP contribution in [-0.4, -0.2) is 24.2 Å². The summed E-state index contributed by atoms with van der Waals surface area (Å²) in [5, 5.41) is 11.0. The van der Waals surface area contributed by atoms with Crippen LogP contribution >= 0.6 is 15.9 Å². The van der Waals surface area contributed by atoms with Gasteiger partial charge in [0.2, 0.25) is 0 Å². The van der Waals surface area contributed by atoms with E-state index >= 15 is 0 Å². The summed E-state index contributed by atoms with van der Waals surface area (Å²) in [5.74, 6) is -2.17. The van der Waals surface area contributed by atoms with Crippen LogP contribution in [0.4, 0.5) is 28.9 Å². The van der Waals surface area contributed by atoms with Crippen molar-refractivity contribution in [3.05, 3.63) is 32.5 Å². The average Bonchev–Trinajstić information content (AvgIpc) is 2.40. The number of hydrogen-bond acceptors (Lipinski definition) is 3. The number of nitro benzene ring substituents is 1. The highest BCUT2D eigenvalue weighted by molar-refractivity contribution is 9.10. The van der Waals surface area contributed by atoms with Crippen LogP contribution in [0.2, 0.25) is 0 Å². The highest BCUT2D eigenvalue weighted by atomic mass is 79.9. The number of nitro groups is 1. The third-order valence-electron chi connectivity index (χ3n) is 3.51. The van der Waals surface area contributed by atoms with E-state index in [0.717, 1.165) is 6.07 Å². The molecule has 0 amide bonds. The van der Waals surface area contributed by atoms with E-state index in [1.54, 1.807) is 0 Å². The van der Waals surface area contributed by atoms with Crippen molar-refractivity contribution in [2.24, 2.45) is 5.92 Å². The second-order valence-corrected chi connectivity index (χ2v) is 5.67. The van der Waals surface area contributed by atoms with Crippen molar-refractivity contribution < 1.29 is 22.5 Å². The van der Waals surface area contributed by atoms with Gasteiger partial charge >= 0.3 is 6.18 Å². The van der Waals surface area contributed by atoms with Gasteiger partial charge in [-0.1, -0.05) is 0 Å². The molecule has 1 aromatic carbocycles. The first-order chi connectivity index (χ1) is 9.70. The number of alkyl halides is 3. The summed E-state index contributed by atoms with van der Waals surface area (Å²) in [7, 11) is 0. The van der Waals surface area contributed by atoms with Gasteiger partial charge in [-0.3, -0.25) is 10.1 Å². The smallest absolute Gasteiger partial charge is 0.366 e. The zero-order valence-corrected chi connectivity index (χ0v) is 12.2. The van der Waals surface area contributed by atoms with Gasteiger partial charge in [0.15, 0.2) is 0 Å². The Morgan fingerprint density at radius 3 is 2.33 bits per heavy atom. The first-order valence-corrected chi connectivity index (χ1v) is 6.94. The predicted octanol–water partition coefficient (Wildman–Crippen LogP) is 4.28. The fourth-order valence-corrected chi connectivity index (χ4v) is 2.70. The van der Waals surface area contributed by atoms with Gasteiger partial charge in [-0.05, 0) is 34.8 Å². The van der Waals surface area contributed by atoms with Gasteiger partial charge < -0.3 is 4.90 Å². The van der Waals surface area contributed by atoms with Gasteiger partial charge in [0.1, 0.15) is 11.5 Å². The molecule has 2 rings (SSSR count). The van der Waals surface area contributed by atoms with E-state index < -0.39 is 28.5 Å². The first kappa shape index (κ1) is 16.0. The summed E-state index contributed by atoms with van der Waals surface area (Å²) >= 11 is 2.94. The Morgan fingerprint density at radius 1 is 1.29 bits per heavy atom. The fraction of sp³-hybridized carbons (Fsp3) is 0.500. The van der Waals surface area contributed by atoms with Crippen LogP contribution in [0.25, 0.3) is 0 Å². The second kappa shape index (κ2) is 5.78. The highest BCUT2D eigenvalue weighted by Crippen LogP contribution is 2.39. The summed E-state index contributed by atoms with van der Waals surface area (Å²) < 4.78 is 51.3. The van der Waals surface area contributed by atoms with Gasteiger partial charge in [-0.2, -0.15) is 13.2 Å². The molecule has 4 nitrogen and oxygen atoms in total. The van der Waals surface area contributed by atoms with Crippen LogP contribution in [0.3, 0.4) is 0 Å². The molecule has 9 heteroatoms. The zero-order valence-electron chi connectivity index (χ0n) is 10.7. The quantitative estimate of drug-likeness (QED) is 0.443. The molecule has 21 heavy (non-hydrogen) atoms. The largest absolute Gasteiger partial charge is 0.391 e. The van der Waals surface area contributed by atoms with Crippen molar-refractivity contribution in [2.75, 3.05) is 18.0 Å². The van der Waals surface area contributed by atoms with Crippen LogP contribution < -0.4 is 4.90 Å². The van der Waals surface area contributed by atoms with Gasteiger partial charge in [-0.15, -0.1) is 0 Å². The summed E-state index contributed by atoms with van der Waals surface area (Å²) in [6.45, 7) is 0.0895. The Bertz CT molecular complexity index is 557. The van der Waals surface area contributed by atoms with Crippen molar-refractivity contribution in [1.29, 1.82) is 0 Å². The number of hydrogen-bond donors (Lipinski definition) is 0. The molecule has 1 aliphatic rings. The SMILES string of the molecule is O=[N+]([O-])c1cc(F)c(Br)cc1N1CCC(C(F)(F)F)CC1. The molecule has 1 saturated heterocycles. The molecule has 0 saturated carbocycles. The van der Waals surface area contributed by atoms with Crippen molar-refractivity contribution >= 4 is 27.3 Å². The minimum absolute atomic E-state index is 0.0426. The van der Waals surface area contributed by atoms with E-state index in [2.05, 4.69) is 15.9 Å². The van der Waals surface area contributed by atoms with Gasteiger partial charge in [0.05, 0.1) is 21.4 Å². The van der Waals surface area contributed by atoms with E-state index in [4.69, 9.17) is 0 Å². The summed E-state index contributed by atoms with van der Waals surface area (Å²) in [4.78, 5) is 11.7. The number of piperidine rings is 1. The van der Waals surface area contributed by atoms with E-state index in [1.807, 2.05) is 0 Å². The Balaban J connectivity index is 2.24. The summed E-state index contributed by atoms with van der Waals surface area (Å²) in [6.07, 6.45) is -4.51. The van der Waals surface area contributed by atoms with Crippen LogP contribution in [0.1, 0.15) is 12.8 Å². The van der Waals surface area contributed by atoms with Crippen LogP contribution in [-0.2, 0) is 0 Å². The van der Waals surface area contributed by atoms with Crippen molar-refractivity contribution in [1.82, 2.24) is 0 Å². The zero-order chi connectivity index (χ0) is 15.8. The molecule has 0 bridgehead atoms. The molecule has 1 aromatic rings. The van der Waals surface area contributed by atoms with Crippen molar-refractivity contribution in [2.45, 2.75) is 19.0 Å². The molecule has 0 aliphatic carbocycles.